The molecule has 1 aromatic heterocycles. The van der Waals surface area contributed by atoms with Gasteiger partial charge in [0.1, 0.15) is 10.0 Å². The van der Waals surface area contributed by atoms with Crippen molar-refractivity contribution in [3.05, 3.63) is 71.3 Å². The molecule has 9 nitrogen and oxygen atoms in total. The zero-order chi connectivity index (χ0) is 29.3. The molecule has 2 aromatic carbocycles. The number of benzene rings is 2. The molecule has 0 saturated carbocycles. The average Bonchev–Trinajstić information content (AvgIpc) is 3.47. The van der Waals surface area contributed by atoms with Gasteiger partial charge < -0.3 is 5.11 Å². The molecule has 2 saturated heterocycles. The summed E-state index contributed by atoms with van der Waals surface area (Å²) >= 11 is 6.45. The normalized spacial score (nSPS) is 21.1. The van der Waals surface area contributed by atoms with Gasteiger partial charge in [0, 0.05) is 37.0 Å². The Labute approximate surface area is 248 Å². The van der Waals surface area contributed by atoms with Crippen molar-refractivity contribution in [2.24, 2.45) is 11.8 Å². The van der Waals surface area contributed by atoms with E-state index in [4.69, 9.17) is 22.4 Å². The molecule has 2 aliphatic rings. The number of hydrogen-bond acceptors (Lipinski definition) is 7. The molecule has 1 N–H and O–H groups in total. The van der Waals surface area contributed by atoms with E-state index in [1.165, 1.54) is 4.90 Å². The Bertz CT molecular complexity index is 1620. The van der Waals surface area contributed by atoms with Crippen LogP contribution in [0.3, 0.4) is 0 Å². The zero-order valence-corrected chi connectivity index (χ0v) is 25.1. The number of thioether (sulfide) groups is 1. The van der Waals surface area contributed by atoms with E-state index >= 15 is 0 Å². The summed E-state index contributed by atoms with van der Waals surface area (Å²) in [6.07, 6.45) is 4.24. The van der Waals surface area contributed by atoms with Crippen LogP contribution in [0.25, 0.3) is 23.0 Å². The summed E-state index contributed by atoms with van der Waals surface area (Å²) < 4.78 is 30.8. The van der Waals surface area contributed by atoms with Crippen LogP contribution in [0, 0.1) is 11.8 Å². The molecular formula is C29H30N4O5S3. The zero-order valence-electron chi connectivity index (χ0n) is 22.6. The van der Waals surface area contributed by atoms with Crippen molar-refractivity contribution in [1.29, 1.82) is 0 Å². The minimum Gasteiger partial charge on any atom is -0.481 e. The lowest BCUT2D eigenvalue weighted by Gasteiger charge is -2.34. The summed E-state index contributed by atoms with van der Waals surface area (Å²) in [6, 6.07) is 16.2. The highest BCUT2D eigenvalue weighted by Crippen LogP contribution is 2.36. The summed E-state index contributed by atoms with van der Waals surface area (Å²) in [4.78, 5) is 26.0. The highest BCUT2D eigenvalue weighted by atomic mass is 32.2. The average molecular weight is 611 g/mol. The van der Waals surface area contributed by atoms with E-state index < -0.39 is 16.0 Å². The highest BCUT2D eigenvalue weighted by molar-refractivity contribution is 8.26. The van der Waals surface area contributed by atoms with Crippen LogP contribution in [0.2, 0.25) is 0 Å². The lowest BCUT2D eigenvalue weighted by molar-refractivity contribution is -0.137. The maximum Gasteiger partial charge on any atom is 0.305 e. The van der Waals surface area contributed by atoms with Gasteiger partial charge in [0.2, 0.25) is 10.0 Å². The lowest BCUT2D eigenvalue weighted by atomic mass is 9.94. The Balaban J connectivity index is 1.55. The van der Waals surface area contributed by atoms with Crippen LogP contribution < -0.4 is 0 Å². The maximum atomic E-state index is 13.7. The van der Waals surface area contributed by atoms with E-state index in [0.717, 1.165) is 23.9 Å². The van der Waals surface area contributed by atoms with Crippen molar-refractivity contribution in [3.63, 3.8) is 0 Å². The Kier molecular flexibility index (Phi) is 8.46. The fourth-order valence-electron chi connectivity index (χ4n) is 5.23. The quantitative estimate of drug-likeness (QED) is 0.284. The van der Waals surface area contributed by atoms with Gasteiger partial charge in [0.05, 0.1) is 21.9 Å². The number of carboxylic acid groups (broad SMARTS) is 1. The van der Waals surface area contributed by atoms with Crippen molar-refractivity contribution in [1.82, 2.24) is 19.0 Å². The minimum atomic E-state index is -3.72. The van der Waals surface area contributed by atoms with Crippen LogP contribution in [-0.4, -0.2) is 68.3 Å². The number of amides is 1. The standard InChI is InChI=1S/C29H30N4O5S3/c1-19-13-20(2)17-31(16-19)41(37,38)24-10-6-7-21(14-24)27-22(18-33(30-27)23-8-4-3-5-9-23)15-25-28(36)32(29(39)40-25)12-11-26(34)35/h3-10,14-15,18-20H,11-13,16-17H2,1-2H3,(H,34,35). The first kappa shape index (κ1) is 29.2. The van der Waals surface area contributed by atoms with Crippen molar-refractivity contribution in [2.75, 3.05) is 19.6 Å². The molecule has 5 rings (SSSR count). The van der Waals surface area contributed by atoms with Gasteiger partial charge in [-0.1, -0.05) is 68.2 Å². The van der Waals surface area contributed by atoms with Crippen LogP contribution in [0.1, 0.15) is 32.3 Å². The Hall–Kier alpha value is -3.32. The van der Waals surface area contributed by atoms with Gasteiger partial charge in [-0.15, -0.1) is 0 Å². The Morgan fingerprint density at radius 1 is 1.12 bits per heavy atom. The predicted molar refractivity (Wildman–Crippen MR) is 163 cm³/mol. The smallest absolute Gasteiger partial charge is 0.305 e. The summed E-state index contributed by atoms with van der Waals surface area (Å²) in [6.45, 7) is 5.09. The molecule has 2 unspecified atom stereocenters. The number of carboxylic acids is 1. The van der Waals surface area contributed by atoms with Gasteiger partial charge in [-0.05, 0) is 48.6 Å². The lowest BCUT2D eigenvalue weighted by Crippen LogP contribution is -2.42. The minimum absolute atomic E-state index is 0.0128. The van der Waals surface area contributed by atoms with Gasteiger partial charge in [-0.25, -0.2) is 13.1 Å². The molecule has 2 fully saturated rings. The van der Waals surface area contributed by atoms with Gasteiger partial charge in [0.25, 0.3) is 5.91 Å². The van der Waals surface area contributed by atoms with E-state index in [-0.39, 0.29) is 39.9 Å². The van der Waals surface area contributed by atoms with E-state index in [1.807, 2.05) is 30.3 Å². The largest absolute Gasteiger partial charge is 0.481 e. The van der Waals surface area contributed by atoms with Crippen molar-refractivity contribution >= 4 is 56.3 Å². The molecule has 1 amide bonds. The second-order valence-corrected chi connectivity index (χ2v) is 14.1. The molecule has 3 heterocycles. The number of piperidine rings is 1. The van der Waals surface area contributed by atoms with E-state index in [1.54, 1.807) is 45.5 Å². The maximum absolute atomic E-state index is 13.7. The second kappa shape index (κ2) is 11.9. The molecule has 0 spiro atoms. The molecule has 2 aliphatic heterocycles. The number of hydrogen-bond donors (Lipinski definition) is 1. The molecule has 2 atom stereocenters. The Morgan fingerprint density at radius 3 is 2.51 bits per heavy atom. The molecule has 12 heteroatoms. The Morgan fingerprint density at radius 2 is 1.83 bits per heavy atom. The number of aromatic nitrogens is 2. The van der Waals surface area contributed by atoms with E-state index in [0.29, 0.717) is 34.8 Å². The van der Waals surface area contributed by atoms with Crippen molar-refractivity contribution in [3.8, 4) is 16.9 Å². The number of para-hydroxylation sites is 1. The van der Waals surface area contributed by atoms with Crippen LogP contribution in [-0.2, 0) is 19.6 Å². The molecule has 3 aromatic rings. The molecule has 0 aliphatic carbocycles. The molecule has 41 heavy (non-hydrogen) atoms. The molecule has 0 radical (unpaired) electrons. The topological polar surface area (TPSA) is 113 Å². The predicted octanol–water partition coefficient (Wildman–Crippen LogP) is 4.88. The summed E-state index contributed by atoms with van der Waals surface area (Å²) in [5.74, 6) is -0.833. The first-order chi connectivity index (χ1) is 19.5. The number of nitrogens with zero attached hydrogens (tertiary/aromatic N) is 4. The van der Waals surface area contributed by atoms with Crippen molar-refractivity contribution in [2.45, 2.75) is 31.6 Å². The molecule has 214 valence electrons. The highest BCUT2D eigenvalue weighted by Gasteiger charge is 2.34. The SMILES string of the molecule is CC1CC(C)CN(S(=O)(=O)c2cccc(-c3nn(-c4ccccc4)cc3C=C3SC(=S)N(CCC(=O)O)C3=O)c2)C1. The number of carbonyl (C=O) groups excluding carboxylic acids is 1. The van der Waals surface area contributed by atoms with Gasteiger partial charge in [0.15, 0.2) is 0 Å². The van der Waals surface area contributed by atoms with Crippen molar-refractivity contribution < 1.29 is 23.1 Å². The number of aliphatic carboxylic acids is 1. The monoisotopic (exact) mass is 610 g/mol. The van der Waals surface area contributed by atoms with Gasteiger partial charge in [-0.3, -0.25) is 14.5 Å². The number of thiocarbonyl (C=S) groups is 1. The van der Waals surface area contributed by atoms with Gasteiger partial charge >= 0.3 is 5.97 Å². The first-order valence-corrected chi connectivity index (χ1v) is 15.9. The third-order valence-electron chi connectivity index (χ3n) is 7.05. The third kappa shape index (κ3) is 6.30. The van der Waals surface area contributed by atoms with E-state index in [2.05, 4.69) is 13.8 Å². The van der Waals surface area contributed by atoms with Crippen LogP contribution in [0.15, 0.2) is 70.6 Å². The number of rotatable bonds is 8. The molecule has 0 bridgehead atoms. The second-order valence-electron chi connectivity index (χ2n) is 10.5. The van der Waals surface area contributed by atoms with Crippen LogP contribution in [0.5, 0.6) is 0 Å². The fourth-order valence-corrected chi connectivity index (χ4v) is 8.25. The third-order valence-corrected chi connectivity index (χ3v) is 10.3. The van der Waals surface area contributed by atoms with Gasteiger partial charge in [-0.2, -0.15) is 9.40 Å². The summed E-state index contributed by atoms with van der Waals surface area (Å²) in [7, 11) is -3.72. The first-order valence-electron chi connectivity index (χ1n) is 13.3. The summed E-state index contributed by atoms with van der Waals surface area (Å²) in [5, 5.41) is 13.8. The summed E-state index contributed by atoms with van der Waals surface area (Å²) in [5.41, 5.74) is 2.48. The number of sulfonamides is 1. The van der Waals surface area contributed by atoms with Crippen LogP contribution >= 0.6 is 24.0 Å². The number of carbonyl (C=O) groups is 2. The molecular weight excluding hydrogens is 581 g/mol. The fraction of sp³-hybridized carbons (Fsp3) is 0.310. The van der Waals surface area contributed by atoms with Crippen LogP contribution in [0.4, 0.5) is 0 Å². The van der Waals surface area contributed by atoms with E-state index in [9.17, 15) is 18.0 Å².